The average molecular weight is 658 g/mol. The van der Waals surface area contributed by atoms with E-state index in [0.29, 0.717) is 18.9 Å². The number of H-pyrrole nitrogens is 1. The van der Waals surface area contributed by atoms with Crippen molar-refractivity contribution in [3.05, 3.63) is 59.4 Å². The highest BCUT2D eigenvalue weighted by Crippen LogP contribution is 2.34. The van der Waals surface area contributed by atoms with E-state index in [4.69, 9.17) is 19.2 Å². The molecule has 6 heterocycles. The molecule has 48 heavy (non-hydrogen) atoms. The molecular weight excluding hydrogens is 606 g/mol. The van der Waals surface area contributed by atoms with Crippen LogP contribution in [0.2, 0.25) is 0 Å². The minimum Gasteiger partial charge on any atom is -0.464 e. The van der Waals surface area contributed by atoms with Crippen LogP contribution < -0.4 is 10.2 Å². The number of anilines is 2. The van der Waals surface area contributed by atoms with Crippen LogP contribution in [-0.2, 0) is 31.8 Å². The smallest absolute Gasteiger partial charge is 0.306 e. The van der Waals surface area contributed by atoms with E-state index in [2.05, 4.69) is 60.5 Å². The summed E-state index contributed by atoms with van der Waals surface area (Å²) < 4.78 is 17.0. The molecule has 4 aliphatic heterocycles. The number of ether oxygens (including phenoxy) is 3. The number of aromatic amines is 1. The van der Waals surface area contributed by atoms with Crippen molar-refractivity contribution in [2.24, 2.45) is 5.92 Å². The summed E-state index contributed by atoms with van der Waals surface area (Å²) in [7, 11) is 0. The van der Waals surface area contributed by atoms with Crippen molar-refractivity contribution in [1.29, 1.82) is 0 Å². The fourth-order valence-electron chi connectivity index (χ4n) is 7.59. The maximum absolute atomic E-state index is 13.4. The zero-order chi connectivity index (χ0) is 32.5. The number of carbonyl (C=O) groups excluding carboxylic acids is 1. The summed E-state index contributed by atoms with van der Waals surface area (Å²) in [6, 6.07) is 13.3. The van der Waals surface area contributed by atoms with Crippen molar-refractivity contribution < 1.29 is 19.0 Å². The van der Waals surface area contributed by atoms with Crippen LogP contribution in [0.3, 0.4) is 0 Å². The molecule has 1 aromatic carbocycles. The van der Waals surface area contributed by atoms with Crippen LogP contribution in [0.4, 0.5) is 11.5 Å². The number of hydrogen-bond donors (Lipinski definition) is 2. The average Bonchev–Trinajstić information content (AvgIpc) is 3.84. The summed E-state index contributed by atoms with van der Waals surface area (Å²) in [5.41, 5.74) is 6.93. The maximum Gasteiger partial charge on any atom is 0.306 e. The molecule has 2 aromatic heterocycles. The molecule has 0 amide bonds. The van der Waals surface area contributed by atoms with E-state index in [1.54, 1.807) is 6.20 Å². The zero-order valence-corrected chi connectivity index (χ0v) is 28.2. The van der Waals surface area contributed by atoms with Gasteiger partial charge < -0.3 is 29.3 Å². The molecule has 0 aliphatic carbocycles. The number of fused-ring (bicyclic) bond motifs is 1. The van der Waals surface area contributed by atoms with E-state index in [-0.39, 0.29) is 11.9 Å². The van der Waals surface area contributed by atoms with Gasteiger partial charge in [-0.1, -0.05) is 6.07 Å². The Morgan fingerprint density at radius 3 is 2.69 bits per heavy atom. The minimum atomic E-state index is -0.129. The Bertz CT molecular complexity index is 1470. The first-order chi connectivity index (χ1) is 23.7. The number of benzene rings is 1. The third-order valence-corrected chi connectivity index (χ3v) is 10.4. The van der Waals surface area contributed by atoms with Gasteiger partial charge in [-0.15, -0.1) is 0 Å². The molecule has 3 fully saturated rings. The second-order valence-electron chi connectivity index (χ2n) is 13.8. The molecule has 0 bridgehead atoms. The lowest BCUT2D eigenvalue weighted by Gasteiger charge is -2.31. The summed E-state index contributed by atoms with van der Waals surface area (Å²) in [6.07, 6.45) is 7.75. The molecule has 7 rings (SSSR count). The van der Waals surface area contributed by atoms with E-state index in [1.165, 1.54) is 29.7 Å². The number of carbonyl (C=O) groups is 1. The highest BCUT2D eigenvalue weighted by Gasteiger charge is 2.28. The van der Waals surface area contributed by atoms with Crippen LogP contribution in [0.1, 0.15) is 48.4 Å². The van der Waals surface area contributed by atoms with Gasteiger partial charge in [-0.25, -0.2) is 4.98 Å². The van der Waals surface area contributed by atoms with Gasteiger partial charge in [0.15, 0.2) is 0 Å². The number of pyridine rings is 1. The lowest BCUT2D eigenvalue weighted by atomic mass is 9.92. The predicted octanol–water partition coefficient (Wildman–Crippen LogP) is 3.97. The fourth-order valence-corrected chi connectivity index (χ4v) is 7.59. The molecule has 11 heteroatoms. The number of aromatic nitrogens is 3. The molecule has 0 saturated carbocycles. The van der Waals surface area contributed by atoms with E-state index in [9.17, 15) is 4.79 Å². The van der Waals surface area contributed by atoms with E-state index in [0.717, 1.165) is 127 Å². The highest BCUT2D eigenvalue weighted by molar-refractivity contribution is 5.72. The number of aryl methyl sites for hydroxylation is 2. The van der Waals surface area contributed by atoms with Crippen molar-refractivity contribution in [3.63, 3.8) is 0 Å². The Kier molecular flexibility index (Phi) is 11.2. The summed E-state index contributed by atoms with van der Waals surface area (Å²) in [5, 5.41) is 10.9. The highest BCUT2D eigenvalue weighted by atomic mass is 16.5. The van der Waals surface area contributed by atoms with Crippen LogP contribution in [-0.4, -0.2) is 123 Å². The monoisotopic (exact) mass is 657 g/mol. The van der Waals surface area contributed by atoms with Crippen LogP contribution in [0, 0.1) is 5.92 Å². The summed E-state index contributed by atoms with van der Waals surface area (Å²) in [5.74, 6) is 1.59. The van der Waals surface area contributed by atoms with Crippen LogP contribution >= 0.6 is 0 Å². The fraction of sp³-hybridized carbons (Fsp3) is 0.595. The van der Waals surface area contributed by atoms with Gasteiger partial charge in [0.2, 0.25) is 0 Å². The SMILES string of the molecule is O=C(CC(CN1CC[C@@H](CCc2ccc3c(n2)NCCC3)C1)c1cc(-c2ccn[nH]2)cc(N2CCOCC2)c1)OCCN1CCOCC1. The Morgan fingerprint density at radius 2 is 1.85 bits per heavy atom. The molecule has 0 radical (unpaired) electrons. The first kappa shape index (κ1) is 33.0. The van der Waals surface area contributed by atoms with Gasteiger partial charge in [0.05, 0.1) is 38.5 Å². The zero-order valence-electron chi connectivity index (χ0n) is 28.2. The third kappa shape index (κ3) is 8.74. The summed E-state index contributed by atoms with van der Waals surface area (Å²) in [6.45, 7) is 11.5. The molecule has 3 aromatic rings. The Balaban J connectivity index is 1.04. The van der Waals surface area contributed by atoms with E-state index in [1.807, 2.05) is 6.07 Å². The molecule has 11 nitrogen and oxygen atoms in total. The van der Waals surface area contributed by atoms with Gasteiger partial charge in [-0.2, -0.15) is 5.10 Å². The number of nitrogens with one attached hydrogen (secondary N) is 2. The number of likely N-dealkylation sites (tertiary alicyclic amines) is 1. The molecule has 4 aliphatic rings. The van der Waals surface area contributed by atoms with Crippen molar-refractivity contribution in [2.45, 2.75) is 44.4 Å². The number of nitrogens with zero attached hydrogens (tertiary/aromatic N) is 5. The predicted molar refractivity (Wildman–Crippen MR) is 187 cm³/mol. The van der Waals surface area contributed by atoms with Gasteiger partial charge in [0.1, 0.15) is 12.4 Å². The van der Waals surface area contributed by atoms with Crippen molar-refractivity contribution in [3.8, 4) is 11.3 Å². The van der Waals surface area contributed by atoms with E-state index >= 15 is 0 Å². The molecule has 2 N–H and O–H groups in total. The van der Waals surface area contributed by atoms with Crippen molar-refractivity contribution in [1.82, 2.24) is 25.0 Å². The molecular formula is C37H51N7O4. The van der Waals surface area contributed by atoms with Gasteiger partial charge in [-0.05, 0) is 86.0 Å². The van der Waals surface area contributed by atoms with E-state index < -0.39 is 0 Å². The number of morpholine rings is 2. The van der Waals surface area contributed by atoms with Crippen molar-refractivity contribution in [2.75, 3.05) is 102 Å². The second-order valence-corrected chi connectivity index (χ2v) is 13.8. The standard InChI is InChI=1S/C37H51N7O4/c45-36(48-21-14-42-12-17-46-18-13-42)25-32(30-22-31(35-7-10-39-41-35)24-34(23-30)44-15-19-47-20-16-44)27-43-11-8-28(26-43)3-5-33-6-4-29-2-1-9-38-37(29)40-33/h4,6-7,10,22-24,28,32H,1-3,5,8-9,11-21,25-27H2,(H,38,40)(H,39,41)/t28-,32?/m1/s1. The largest absolute Gasteiger partial charge is 0.464 e. The Hall–Kier alpha value is -3.51. The normalized spacial score (nSPS) is 21.1. The molecule has 1 unspecified atom stereocenters. The lowest BCUT2D eigenvalue weighted by Crippen LogP contribution is -2.38. The summed E-state index contributed by atoms with van der Waals surface area (Å²) in [4.78, 5) is 25.6. The Labute approximate surface area is 284 Å². The first-order valence-corrected chi connectivity index (χ1v) is 18.0. The minimum absolute atomic E-state index is 0.00989. The van der Waals surface area contributed by atoms with Crippen LogP contribution in [0.5, 0.6) is 0 Å². The Morgan fingerprint density at radius 1 is 1.00 bits per heavy atom. The second kappa shape index (κ2) is 16.3. The first-order valence-electron chi connectivity index (χ1n) is 18.0. The van der Waals surface area contributed by atoms with Gasteiger partial charge in [0.25, 0.3) is 0 Å². The van der Waals surface area contributed by atoms with Gasteiger partial charge >= 0.3 is 5.97 Å². The lowest BCUT2D eigenvalue weighted by molar-refractivity contribution is -0.144. The maximum atomic E-state index is 13.4. The topological polar surface area (TPSA) is 108 Å². The molecule has 2 atom stereocenters. The number of rotatable bonds is 13. The number of esters is 1. The molecule has 258 valence electrons. The van der Waals surface area contributed by atoms with Crippen LogP contribution in [0.15, 0.2) is 42.6 Å². The van der Waals surface area contributed by atoms with Gasteiger partial charge in [0, 0.05) is 81.4 Å². The third-order valence-electron chi connectivity index (χ3n) is 10.4. The van der Waals surface area contributed by atoms with Crippen LogP contribution in [0.25, 0.3) is 11.3 Å². The van der Waals surface area contributed by atoms with Crippen molar-refractivity contribution >= 4 is 17.5 Å². The summed E-state index contributed by atoms with van der Waals surface area (Å²) >= 11 is 0. The van der Waals surface area contributed by atoms with Gasteiger partial charge in [-0.3, -0.25) is 14.8 Å². The molecule has 3 saturated heterocycles. The number of hydrogen-bond acceptors (Lipinski definition) is 10. The quantitative estimate of drug-likeness (QED) is 0.262. The molecule has 0 spiro atoms.